The van der Waals surface area contributed by atoms with Crippen LogP contribution >= 0.6 is 0 Å². The van der Waals surface area contributed by atoms with Crippen molar-refractivity contribution in [1.29, 1.82) is 0 Å². The van der Waals surface area contributed by atoms with Crippen LogP contribution in [0.1, 0.15) is 58.8 Å². The van der Waals surface area contributed by atoms with Gasteiger partial charge in [0.2, 0.25) is 5.91 Å². The van der Waals surface area contributed by atoms with E-state index in [4.69, 9.17) is 5.73 Å². The SMILES string of the molecule is CCN(C(=O)C1CCC(N)CC1C)C1CCCC1. The van der Waals surface area contributed by atoms with Gasteiger partial charge in [-0.05, 0) is 44.9 Å². The largest absolute Gasteiger partial charge is 0.340 e. The van der Waals surface area contributed by atoms with Crippen molar-refractivity contribution >= 4 is 5.91 Å². The number of carbonyl (C=O) groups excluding carboxylic acids is 1. The molecule has 2 aliphatic carbocycles. The molecule has 0 aliphatic heterocycles. The molecule has 2 N–H and O–H groups in total. The van der Waals surface area contributed by atoms with Gasteiger partial charge >= 0.3 is 0 Å². The second-order valence-electron chi connectivity index (χ2n) is 6.22. The van der Waals surface area contributed by atoms with Crippen LogP contribution in [-0.4, -0.2) is 29.4 Å². The van der Waals surface area contributed by atoms with Crippen molar-refractivity contribution in [3.05, 3.63) is 0 Å². The zero-order chi connectivity index (χ0) is 13.1. The summed E-state index contributed by atoms with van der Waals surface area (Å²) in [6, 6.07) is 0.830. The van der Waals surface area contributed by atoms with E-state index in [0.717, 1.165) is 25.8 Å². The van der Waals surface area contributed by atoms with E-state index in [1.165, 1.54) is 25.7 Å². The Morgan fingerprint density at radius 3 is 2.44 bits per heavy atom. The molecule has 0 aromatic heterocycles. The Labute approximate surface area is 111 Å². The average Bonchev–Trinajstić information content (AvgIpc) is 2.83. The molecule has 1 amide bonds. The zero-order valence-electron chi connectivity index (χ0n) is 11.9. The van der Waals surface area contributed by atoms with Crippen LogP contribution in [0.5, 0.6) is 0 Å². The molecule has 3 heteroatoms. The monoisotopic (exact) mass is 252 g/mol. The Morgan fingerprint density at radius 1 is 1.22 bits per heavy atom. The summed E-state index contributed by atoms with van der Waals surface area (Å²) >= 11 is 0. The first kappa shape index (κ1) is 13.9. The second-order valence-corrected chi connectivity index (χ2v) is 6.22. The summed E-state index contributed by atoms with van der Waals surface area (Å²) in [5, 5.41) is 0. The van der Waals surface area contributed by atoms with Crippen LogP contribution < -0.4 is 5.73 Å². The summed E-state index contributed by atoms with van der Waals surface area (Å²) in [7, 11) is 0. The van der Waals surface area contributed by atoms with E-state index < -0.39 is 0 Å². The molecule has 2 saturated carbocycles. The molecule has 3 nitrogen and oxygen atoms in total. The molecule has 0 spiro atoms. The Balaban J connectivity index is 1.99. The summed E-state index contributed by atoms with van der Waals surface area (Å²) < 4.78 is 0. The molecule has 2 fully saturated rings. The molecule has 0 heterocycles. The number of hydrogen-bond donors (Lipinski definition) is 1. The zero-order valence-corrected chi connectivity index (χ0v) is 11.9. The van der Waals surface area contributed by atoms with Crippen molar-refractivity contribution in [3.8, 4) is 0 Å². The molecular formula is C15H28N2O. The highest BCUT2D eigenvalue weighted by atomic mass is 16.2. The molecule has 18 heavy (non-hydrogen) atoms. The first-order valence-corrected chi connectivity index (χ1v) is 7.69. The summed E-state index contributed by atoms with van der Waals surface area (Å²) in [6.45, 7) is 5.19. The van der Waals surface area contributed by atoms with Crippen LogP contribution in [0.2, 0.25) is 0 Å². The third-order valence-corrected chi connectivity index (χ3v) is 4.92. The Morgan fingerprint density at radius 2 is 1.89 bits per heavy atom. The highest BCUT2D eigenvalue weighted by Gasteiger charge is 2.35. The van der Waals surface area contributed by atoms with Crippen molar-refractivity contribution in [2.24, 2.45) is 17.6 Å². The topological polar surface area (TPSA) is 46.3 Å². The van der Waals surface area contributed by atoms with Gasteiger partial charge in [0.05, 0.1) is 0 Å². The highest BCUT2D eigenvalue weighted by Crippen LogP contribution is 2.33. The molecule has 3 atom stereocenters. The summed E-state index contributed by atoms with van der Waals surface area (Å²) in [5.74, 6) is 1.09. The molecule has 104 valence electrons. The molecule has 0 radical (unpaired) electrons. The third-order valence-electron chi connectivity index (χ3n) is 4.92. The smallest absolute Gasteiger partial charge is 0.226 e. The lowest BCUT2D eigenvalue weighted by Gasteiger charge is -2.37. The van der Waals surface area contributed by atoms with Crippen molar-refractivity contribution in [2.75, 3.05) is 6.54 Å². The minimum Gasteiger partial charge on any atom is -0.340 e. The van der Waals surface area contributed by atoms with Crippen LogP contribution in [-0.2, 0) is 4.79 Å². The van der Waals surface area contributed by atoms with Crippen LogP contribution in [0, 0.1) is 11.8 Å². The lowest BCUT2D eigenvalue weighted by Crippen LogP contribution is -2.46. The standard InChI is InChI=1S/C15H28N2O/c1-3-17(13-6-4-5-7-13)15(18)14-9-8-12(16)10-11(14)2/h11-14H,3-10,16H2,1-2H3. The predicted octanol–water partition coefficient (Wildman–Crippen LogP) is 2.54. The molecule has 2 aliphatic rings. The Kier molecular flexibility index (Phi) is 4.66. The number of amides is 1. The number of nitrogens with two attached hydrogens (primary N) is 1. The minimum atomic E-state index is 0.227. The van der Waals surface area contributed by atoms with Gasteiger partial charge < -0.3 is 10.6 Å². The fourth-order valence-electron chi connectivity index (χ4n) is 3.83. The van der Waals surface area contributed by atoms with Crippen LogP contribution in [0.4, 0.5) is 0 Å². The van der Waals surface area contributed by atoms with Gasteiger partial charge in [0.1, 0.15) is 0 Å². The first-order chi connectivity index (χ1) is 8.63. The summed E-state index contributed by atoms with van der Waals surface area (Å²) in [5.41, 5.74) is 5.99. The van der Waals surface area contributed by atoms with Crippen molar-refractivity contribution in [1.82, 2.24) is 4.90 Å². The van der Waals surface area contributed by atoms with Crippen LogP contribution in [0.3, 0.4) is 0 Å². The van der Waals surface area contributed by atoms with E-state index in [2.05, 4.69) is 18.7 Å². The van der Waals surface area contributed by atoms with Crippen LogP contribution in [0.15, 0.2) is 0 Å². The van der Waals surface area contributed by atoms with Crippen LogP contribution in [0.25, 0.3) is 0 Å². The fraction of sp³-hybridized carbons (Fsp3) is 0.933. The Hall–Kier alpha value is -0.570. The number of hydrogen-bond acceptors (Lipinski definition) is 2. The van der Waals surface area contributed by atoms with Gasteiger partial charge in [-0.3, -0.25) is 4.79 Å². The van der Waals surface area contributed by atoms with Crippen molar-refractivity contribution in [3.63, 3.8) is 0 Å². The molecule has 2 rings (SSSR count). The van der Waals surface area contributed by atoms with Gasteiger partial charge in [-0.2, -0.15) is 0 Å². The van der Waals surface area contributed by atoms with Gasteiger partial charge in [0, 0.05) is 24.5 Å². The predicted molar refractivity (Wildman–Crippen MR) is 74.1 cm³/mol. The quantitative estimate of drug-likeness (QED) is 0.839. The number of rotatable bonds is 3. The van der Waals surface area contributed by atoms with E-state index in [9.17, 15) is 4.79 Å². The maximum Gasteiger partial charge on any atom is 0.226 e. The number of carbonyl (C=O) groups is 1. The Bertz CT molecular complexity index is 286. The minimum absolute atomic E-state index is 0.227. The summed E-state index contributed by atoms with van der Waals surface area (Å²) in [4.78, 5) is 14.9. The van der Waals surface area contributed by atoms with Gasteiger partial charge in [-0.15, -0.1) is 0 Å². The molecule has 0 aromatic carbocycles. The van der Waals surface area contributed by atoms with Crippen molar-refractivity contribution in [2.45, 2.75) is 70.9 Å². The van der Waals surface area contributed by atoms with E-state index in [1.54, 1.807) is 0 Å². The fourth-order valence-corrected chi connectivity index (χ4v) is 3.83. The van der Waals surface area contributed by atoms with Gasteiger partial charge in [0.15, 0.2) is 0 Å². The third kappa shape index (κ3) is 2.87. The normalized spacial score (nSPS) is 33.6. The molecule has 0 saturated heterocycles. The van der Waals surface area contributed by atoms with Crippen molar-refractivity contribution < 1.29 is 4.79 Å². The molecular weight excluding hydrogens is 224 g/mol. The second kappa shape index (κ2) is 6.05. The van der Waals surface area contributed by atoms with E-state index in [-0.39, 0.29) is 5.92 Å². The molecule has 3 unspecified atom stereocenters. The van der Waals surface area contributed by atoms with E-state index in [1.807, 2.05) is 0 Å². The molecule has 0 aromatic rings. The maximum atomic E-state index is 12.7. The van der Waals surface area contributed by atoms with Gasteiger partial charge in [0.25, 0.3) is 0 Å². The maximum absolute atomic E-state index is 12.7. The van der Waals surface area contributed by atoms with E-state index in [0.29, 0.717) is 23.9 Å². The molecule has 0 bridgehead atoms. The first-order valence-electron chi connectivity index (χ1n) is 7.69. The van der Waals surface area contributed by atoms with Gasteiger partial charge in [-0.25, -0.2) is 0 Å². The van der Waals surface area contributed by atoms with Gasteiger partial charge in [-0.1, -0.05) is 19.8 Å². The van der Waals surface area contributed by atoms with E-state index >= 15 is 0 Å². The summed E-state index contributed by atoms with van der Waals surface area (Å²) in [6.07, 6.45) is 8.02. The lowest BCUT2D eigenvalue weighted by atomic mass is 9.77. The average molecular weight is 252 g/mol. The highest BCUT2D eigenvalue weighted by molar-refractivity contribution is 5.79. The number of nitrogens with zero attached hydrogens (tertiary/aromatic N) is 1. The lowest BCUT2D eigenvalue weighted by molar-refractivity contribution is -0.140.